The predicted octanol–water partition coefficient (Wildman–Crippen LogP) is 1.97. The van der Waals surface area contributed by atoms with Gasteiger partial charge in [-0.3, -0.25) is 28.8 Å². The normalized spacial score (nSPS) is 20.3. The largest absolute Gasteiger partial charge is 0.371 e. The first-order valence-electron chi connectivity index (χ1n) is 20.6. The number of sulfonamides is 1. The Morgan fingerprint density at radius 1 is 0.948 bits per heavy atom. The van der Waals surface area contributed by atoms with Crippen LogP contribution in [0.2, 0.25) is 0 Å². The summed E-state index contributed by atoms with van der Waals surface area (Å²) >= 11 is 0. The zero-order valence-electron chi connectivity index (χ0n) is 35.5. The van der Waals surface area contributed by atoms with Crippen LogP contribution >= 0.6 is 0 Å². The fraction of sp³-hybridized carbons (Fsp3) is 0.707. The van der Waals surface area contributed by atoms with E-state index in [9.17, 15) is 37.2 Å². The molecule has 16 nitrogen and oxygen atoms in total. The monoisotopic (exact) mass is 833 g/mol. The van der Waals surface area contributed by atoms with E-state index in [1.165, 1.54) is 4.90 Å². The van der Waals surface area contributed by atoms with Crippen molar-refractivity contribution in [2.75, 3.05) is 19.3 Å². The quantitative estimate of drug-likeness (QED) is 0.105. The summed E-state index contributed by atoms with van der Waals surface area (Å²) in [6.07, 6.45) is 5.42. The molecule has 1 saturated heterocycles. The fourth-order valence-electron chi connectivity index (χ4n) is 7.68. The molecule has 0 aromatic heterocycles. The lowest BCUT2D eigenvalue weighted by Crippen LogP contribution is -2.60. The summed E-state index contributed by atoms with van der Waals surface area (Å²) in [6, 6.07) is 4.06. The maximum atomic E-state index is 14.7. The van der Waals surface area contributed by atoms with E-state index in [4.69, 9.17) is 10.5 Å². The number of nitrogens with zero attached hydrogens (tertiary/aromatic N) is 1. The highest BCUT2D eigenvalue weighted by molar-refractivity contribution is 7.88. The van der Waals surface area contributed by atoms with Crippen molar-refractivity contribution in [3.8, 4) is 0 Å². The molecule has 1 saturated carbocycles. The number of likely N-dealkylation sites (tertiary alicyclic amines) is 1. The van der Waals surface area contributed by atoms with Crippen LogP contribution in [0.15, 0.2) is 30.3 Å². The summed E-state index contributed by atoms with van der Waals surface area (Å²) in [5.41, 5.74) is 6.23. The van der Waals surface area contributed by atoms with Gasteiger partial charge >= 0.3 is 0 Å². The van der Waals surface area contributed by atoms with Gasteiger partial charge in [0.05, 0.1) is 36.6 Å². The van der Waals surface area contributed by atoms with Gasteiger partial charge in [-0.25, -0.2) is 13.1 Å². The second-order valence-corrected chi connectivity index (χ2v) is 19.0. The fourth-order valence-corrected chi connectivity index (χ4v) is 8.52. The average molecular weight is 834 g/mol. The molecule has 1 aromatic carbocycles. The molecule has 3 rings (SSSR count). The van der Waals surface area contributed by atoms with Crippen molar-refractivity contribution in [1.82, 2.24) is 30.9 Å². The number of ether oxygens (including phenoxy) is 1. The molecular formula is C41H67N7O9S. The summed E-state index contributed by atoms with van der Waals surface area (Å²) in [7, 11) is -3.77. The Kier molecular flexibility index (Phi) is 18.3. The van der Waals surface area contributed by atoms with Gasteiger partial charge in [-0.2, -0.15) is 0 Å². The van der Waals surface area contributed by atoms with Gasteiger partial charge in [0.1, 0.15) is 18.1 Å². The number of rotatable bonds is 20. The number of Topliss-reactive ketones (excluding diaryl/α,β-unsaturated/α-hetero) is 1. The van der Waals surface area contributed by atoms with Crippen molar-refractivity contribution >= 4 is 45.3 Å². The highest BCUT2D eigenvalue weighted by Gasteiger charge is 2.46. The van der Waals surface area contributed by atoms with Crippen LogP contribution in [0.3, 0.4) is 0 Å². The number of carbonyl (C=O) groups is 6. The third-order valence-corrected chi connectivity index (χ3v) is 11.0. The molecule has 2 fully saturated rings. The van der Waals surface area contributed by atoms with Crippen LogP contribution in [0, 0.1) is 11.8 Å². The number of hydrogen-bond acceptors (Lipinski definition) is 10. The molecule has 1 aliphatic carbocycles. The van der Waals surface area contributed by atoms with Gasteiger partial charge in [0.15, 0.2) is 0 Å². The average Bonchev–Trinajstić information content (AvgIpc) is 3.56. The van der Waals surface area contributed by atoms with Crippen molar-refractivity contribution in [2.45, 2.75) is 154 Å². The van der Waals surface area contributed by atoms with Crippen LogP contribution in [-0.4, -0.2) is 110 Å². The Labute approximate surface area is 344 Å². The summed E-state index contributed by atoms with van der Waals surface area (Å²) in [6.45, 7) is 12.1. The lowest BCUT2D eigenvalue weighted by atomic mass is 9.83. The first-order valence-corrected chi connectivity index (χ1v) is 22.5. The van der Waals surface area contributed by atoms with Crippen molar-refractivity contribution < 1.29 is 41.9 Å². The van der Waals surface area contributed by atoms with E-state index in [0.717, 1.165) is 31.1 Å². The number of nitrogens with two attached hydrogens (primary N) is 1. The van der Waals surface area contributed by atoms with E-state index in [-0.39, 0.29) is 31.3 Å². The second-order valence-electron chi connectivity index (χ2n) is 17.2. The zero-order chi connectivity index (χ0) is 43.4. The molecule has 1 aliphatic heterocycles. The molecule has 0 spiro atoms. The molecule has 3 unspecified atom stereocenters. The zero-order valence-corrected chi connectivity index (χ0v) is 36.3. The van der Waals surface area contributed by atoms with E-state index in [1.54, 1.807) is 20.8 Å². The number of ketones is 1. The molecule has 17 heteroatoms. The Morgan fingerprint density at radius 3 is 2.14 bits per heavy atom. The van der Waals surface area contributed by atoms with Gasteiger partial charge in [0, 0.05) is 19.0 Å². The molecule has 2 aliphatic rings. The molecular weight excluding hydrogens is 767 g/mol. The van der Waals surface area contributed by atoms with E-state index in [1.807, 2.05) is 58.0 Å². The van der Waals surface area contributed by atoms with Crippen LogP contribution < -0.4 is 31.7 Å². The minimum atomic E-state index is -3.77. The van der Waals surface area contributed by atoms with Gasteiger partial charge in [-0.05, 0) is 70.8 Å². The van der Waals surface area contributed by atoms with Crippen LogP contribution in [0.1, 0.15) is 118 Å². The molecule has 326 valence electrons. The third-order valence-electron chi connectivity index (χ3n) is 10.3. The Balaban J connectivity index is 1.82. The number of carbonyl (C=O) groups excluding carboxylic acids is 6. The maximum Gasteiger partial charge on any atom is 0.290 e. The first-order chi connectivity index (χ1) is 27.1. The van der Waals surface area contributed by atoms with Gasteiger partial charge in [-0.15, -0.1) is 0 Å². The summed E-state index contributed by atoms with van der Waals surface area (Å²) in [4.78, 5) is 83.5. The standard InChI is InChI=1S/C41H67N7O9S/c1-9-16-30(36(50)39(53)43-23-33(49)44-31(21-26(4)42)27-17-12-10-13-18-27)45-37(51)32-22-29(57-41(5,6)7)24-48(32)40(54)35(28-19-14-11-15-20-28)46-38(52)34(25(2)3)47-58(8,55)56/h10,12-13,17-18,25-26,28-32,34-35,47H,9,11,14-16,19-24,42H2,1-8H3,(H,43,53)(H,44,49)(H,45,51)(H,46,52)/t26?,29-,30?,31?,32+,34+,35+/m1/s1. The Bertz CT molecular complexity index is 1680. The third kappa shape index (κ3) is 15.3. The van der Waals surface area contributed by atoms with Crippen LogP contribution in [0.25, 0.3) is 0 Å². The highest BCUT2D eigenvalue weighted by atomic mass is 32.2. The molecule has 7 atom stereocenters. The van der Waals surface area contributed by atoms with Crippen LogP contribution in [0.5, 0.6) is 0 Å². The first kappa shape index (κ1) is 48.4. The smallest absolute Gasteiger partial charge is 0.290 e. The minimum absolute atomic E-state index is 0.0252. The van der Waals surface area contributed by atoms with Crippen molar-refractivity contribution in [1.29, 1.82) is 0 Å². The topological polar surface area (TPSA) is 235 Å². The molecule has 1 heterocycles. The number of amides is 5. The van der Waals surface area contributed by atoms with Crippen molar-refractivity contribution in [3.05, 3.63) is 35.9 Å². The van der Waals surface area contributed by atoms with Crippen molar-refractivity contribution in [3.63, 3.8) is 0 Å². The van der Waals surface area contributed by atoms with Crippen LogP contribution in [-0.2, 0) is 43.5 Å². The lowest BCUT2D eigenvalue weighted by molar-refractivity contribution is -0.145. The molecule has 0 radical (unpaired) electrons. The van der Waals surface area contributed by atoms with Gasteiger partial charge in [0.2, 0.25) is 39.4 Å². The number of hydrogen-bond donors (Lipinski definition) is 6. The molecule has 1 aromatic rings. The molecule has 58 heavy (non-hydrogen) atoms. The van der Waals surface area contributed by atoms with E-state index < -0.39 is 99.7 Å². The SMILES string of the molecule is CCCC(NC(=O)[C@@H]1C[C@@H](OC(C)(C)C)CN1C(=O)[C@@H](NC(=O)[C@@H](NS(C)(=O)=O)C(C)C)C1CCCCC1)C(=O)C(=O)NCC(=O)NC(CC(C)N)c1ccccc1. The highest BCUT2D eigenvalue weighted by Crippen LogP contribution is 2.31. The molecule has 5 amide bonds. The summed E-state index contributed by atoms with van der Waals surface area (Å²) in [5.74, 6) is -5.04. The summed E-state index contributed by atoms with van der Waals surface area (Å²) < 4.78 is 33.0. The Morgan fingerprint density at radius 2 is 1.59 bits per heavy atom. The minimum Gasteiger partial charge on any atom is -0.371 e. The number of nitrogens with one attached hydrogen (secondary N) is 5. The Hall–Kier alpha value is -3.93. The predicted molar refractivity (Wildman–Crippen MR) is 220 cm³/mol. The van der Waals surface area contributed by atoms with E-state index in [0.29, 0.717) is 25.7 Å². The second kappa shape index (κ2) is 21.9. The van der Waals surface area contributed by atoms with E-state index in [2.05, 4.69) is 26.0 Å². The van der Waals surface area contributed by atoms with Crippen molar-refractivity contribution in [2.24, 2.45) is 17.6 Å². The lowest BCUT2D eigenvalue weighted by Gasteiger charge is -2.36. The van der Waals surface area contributed by atoms with Gasteiger partial charge in [0.25, 0.3) is 5.91 Å². The summed E-state index contributed by atoms with van der Waals surface area (Å²) in [5, 5.41) is 10.8. The van der Waals surface area contributed by atoms with Gasteiger partial charge < -0.3 is 36.6 Å². The van der Waals surface area contributed by atoms with Crippen LogP contribution in [0.4, 0.5) is 0 Å². The van der Waals surface area contributed by atoms with E-state index >= 15 is 0 Å². The van der Waals surface area contributed by atoms with Gasteiger partial charge in [-0.1, -0.05) is 76.8 Å². The number of benzene rings is 1. The molecule has 0 bridgehead atoms. The maximum absolute atomic E-state index is 14.7. The molecule has 7 N–H and O–H groups in total.